The lowest BCUT2D eigenvalue weighted by Crippen LogP contribution is -2.14. The molecule has 0 aliphatic heterocycles. The third-order valence-corrected chi connectivity index (χ3v) is 6.18. The molecular weight excluding hydrogens is 446 g/mol. The van der Waals surface area contributed by atoms with E-state index in [-0.39, 0.29) is 0 Å². The molecule has 168 valence electrons. The molecule has 2 aromatic carbocycles. The van der Waals surface area contributed by atoms with Gasteiger partial charge in [0.05, 0.1) is 21.3 Å². The number of carbonyl (C=O) groups is 1. The number of benzene rings is 2. The Morgan fingerprint density at radius 2 is 1.81 bits per heavy atom. The highest BCUT2D eigenvalue weighted by Crippen LogP contribution is 2.32. The minimum Gasteiger partial charge on any atom is -0.497 e. The Hall–Kier alpha value is -2.91. The summed E-state index contributed by atoms with van der Waals surface area (Å²) < 4.78 is 15.8. The molecule has 1 aromatic heterocycles. The van der Waals surface area contributed by atoms with Crippen molar-refractivity contribution in [2.75, 3.05) is 32.9 Å². The van der Waals surface area contributed by atoms with Gasteiger partial charge < -0.3 is 19.5 Å². The standard InChI is InChI=1S/C23H25N3O4S2/c1-28-17-11-10-16(18(12-17)29-2)13-24-20-19(22(27)30-3)21(26-23(25-20)31-4)32-14-15-8-6-5-7-9-15/h5-12H,13-14H2,1-4H3,(H,24,25,26). The zero-order chi connectivity index (χ0) is 22.9. The fourth-order valence-electron chi connectivity index (χ4n) is 2.93. The zero-order valence-electron chi connectivity index (χ0n) is 18.4. The topological polar surface area (TPSA) is 82.6 Å². The average Bonchev–Trinajstić information content (AvgIpc) is 2.85. The lowest BCUT2D eigenvalue weighted by Gasteiger charge is -2.16. The van der Waals surface area contributed by atoms with Crippen LogP contribution in [0, 0.1) is 0 Å². The van der Waals surface area contributed by atoms with Gasteiger partial charge in [-0.2, -0.15) is 0 Å². The van der Waals surface area contributed by atoms with Gasteiger partial charge in [-0.25, -0.2) is 14.8 Å². The molecule has 0 unspecified atom stereocenters. The molecule has 0 aliphatic rings. The second kappa shape index (κ2) is 11.6. The summed E-state index contributed by atoms with van der Waals surface area (Å²) in [6.45, 7) is 0.394. The summed E-state index contributed by atoms with van der Waals surface area (Å²) in [6.07, 6.45) is 1.90. The van der Waals surface area contributed by atoms with Crippen molar-refractivity contribution in [3.8, 4) is 11.5 Å². The van der Waals surface area contributed by atoms with E-state index in [1.165, 1.54) is 30.6 Å². The highest BCUT2D eigenvalue weighted by molar-refractivity contribution is 7.99. The van der Waals surface area contributed by atoms with E-state index in [0.29, 0.717) is 45.4 Å². The molecule has 0 radical (unpaired) electrons. The quantitative estimate of drug-likeness (QED) is 0.192. The van der Waals surface area contributed by atoms with Crippen molar-refractivity contribution in [3.63, 3.8) is 0 Å². The van der Waals surface area contributed by atoms with Crippen molar-refractivity contribution in [3.05, 3.63) is 65.2 Å². The molecule has 0 fully saturated rings. The molecule has 9 heteroatoms. The van der Waals surface area contributed by atoms with Gasteiger partial charge in [-0.05, 0) is 24.0 Å². The van der Waals surface area contributed by atoms with Gasteiger partial charge in [0.1, 0.15) is 27.9 Å². The first-order valence-corrected chi connectivity index (χ1v) is 12.0. The highest BCUT2D eigenvalue weighted by atomic mass is 32.2. The van der Waals surface area contributed by atoms with E-state index in [0.717, 1.165) is 11.1 Å². The highest BCUT2D eigenvalue weighted by Gasteiger charge is 2.22. The number of nitrogens with one attached hydrogen (secondary N) is 1. The number of anilines is 1. The third-order valence-electron chi connectivity index (χ3n) is 4.59. The second-order valence-corrected chi connectivity index (χ2v) is 8.27. The molecule has 3 rings (SSSR count). The van der Waals surface area contributed by atoms with E-state index in [4.69, 9.17) is 14.2 Å². The summed E-state index contributed by atoms with van der Waals surface area (Å²) in [5.41, 5.74) is 2.35. The predicted octanol–water partition coefficient (Wildman–Crippen LogP) is 4.91. The fourth-order valence-corrected chi connectivity index (χ4v) is 4.33. The van der Waals surface area contributed by atoms with Crippen molar-refractivity contribution >= 4 is 35.3 Å². The first kappa shape index (κ1) is 23.7. The van der Waals surface area contributed by atoms with Crippen LogP contribution in [0.15, 0.2) is 58.7 Å². The van der Waals surface area contributed by atoms with Gasteiger partial charge in [-0.15, -0.1) is 11.8 Å². The number of rotatable bonds is 10. The van der Waals surface area contributed by atoms with Crippen molar-refractivity contribution in [1.29, 1.82) is 0 Å². The molecule has 1 N–H and O–H groups in total. The molecule has 0 spiro atoms. The van der Waals surface area contributed by atoms with Crippen LogP contribution in [-0.4, -0.2) is 43.5 Å². The SMILES string of the molecule is COC(=O)c1c(NCc2ccc(OC)cc2OC)nc(SC)nc1SCc1ccccc1. The smallest absolute Gasteiger partial charge is 0.344 e. The average molecular weight is 472 g/mol. The van der Waals surface area contributed by atoms with Gasteiger partial charge in [0, 0.05) is 23.9 Å². The number of hydrogen-bond acceptors (Lipinski definition) is 9. The Morgan fingerprint density at radius 1 is 1.03 bits per heavy atom. The van der Waals surface area contributed by atoms with Crippen LogP contribution >= 0.6 is 23.5 Å². The molecule has 1 heterocycles. The van der Waals surface area contributed by atoms with Crippen LogP contribution < -0.4 is 14.8 Å². The largest absolute Gasteiger partial charge is 0.497 e. The zero-order valence-corrected chi connectivity index (χ0v) is 20.0. The molecule has 0 saturated carbocycles. The van der Waals surface area contributed by atoms with E-state index < -0.39 is 5.97 Å². The minimum absolute atomic E-state index is 0.318. The molecule has 0 bridgehead atoms. The lowest BCUT2D eigenvalue weighted by atomic mass is 10.2. The van der Waals surface area contributed by atoms with Crippen LogP contribution in [-0.2, 0) is 17.0 Å². The van der Waals surface area contributed by atoms with Crippen LogP contribution in [0.5, 0.6) is 11.5 Å². The maximum atomic E-state index is 12.7. The number of ether oxygens (including phenoxy) is 3. The summed E-state index contributed by atoms with van der Waals surface area (Å²) in [5, 5.41) is 4.41. The number of esters is 1. The van der Waals surface area contributed by atoms with Crippen molar-refractivity contribution in [2.24, 2.45) is 0 Å². The van der Waals surface area contributed by atoms with Gasteiger partial charge in [0.15, 0.2) is 5.16 Å². The Morgan fingerprint density at radius 3 is 2.47 bits per heavy atom. The molecule has 3 aromatic rings. The van der Waals surface area contributed by atoms with Crippen LogP contribution in [0.1, 0.15) is 21.5 Å². The predicted molar refractivity (Wildman–Crippen MR) is 128 cm³/mol. The molecular formula is C23H25N3O4S2. The normalized spacial score (nSPS) is 10.5. The Balaban J connectivity index is 1.92. The van der Waals surface area contributed by atoms with Crippen molar-refractivity contribution in [2.45, 2.75) is 22.5 Å². The van der Waals surface area contributed by atoms with E-state index in [1.54, 1.807) is 14.2 Å². The van der Waals surface area contributed by atoms with Gasteiger partial charge >= 0.3 is 5.97 Å². The molecule has 0 amide bonds. The Kier molecular flexibility index (Phi) is 8.64. The third kappa shape index (κ3) is 5.86. The molecule has 7 nitrogen and oxygen atoms in total. The van der Waals surface area contributed by atoms with E-state index in [2.05, 4.69) is 15.3 Å². The molecule has 0 aliphatic carbocycles. The van der Waals surface area contributed by atoms with Gasteiger partial charge in [0.25, 0.3) is 0 Å². The lowest BCUT2D eigenvalue weighted by molar-refractivity contribution is 0.0596. The summed E-state index contributed by atoms with van der Waals surface area (Å²) in [6, 6.07) is 15.6. The maximum Gasteiger partial charge on any atom is 0.344 e. The number of aromatic nitrogens is 2. The monoisotopic (exact) mass is 471 g/mol. The summed E-state index contributed by atoms with van der Waals surface area (Å²) in [7, 11) is 4.56. The van der Waals surface area contributed by atoms with Crippen LogP contribution in [0.3, 0.4) is 0 Å². The van der Waals surface area contributed by atoms with E-state index in [1.807, 2.05) is 54.8 Å². The Bertz CT molecular complexity index is 1060. The van der Waals surface area contributed by atoms with Crippen molar-refractivity contribution in [1.82, 2.24) is 9.97 Å². The van der Waals surface area contributed by atoms with Gasteiger partial charge in [0.2, 0.25) is 0 Å². The van der Waals surface area contributed by atoms with E-state index >= 15 is 0 Å². The first-order valence-electron chi connectivity index (χ1n) is 9.75. The number of carbonyl (C=O) groups excluding carboxylic acids is 1. The molecule has 0 atom stereocenters. The maximum absolute atomic E-state index is 12.7. The number of nitrogens with zero attached hydrogens (tertiary/aromatic N) is 2. The van der Waals surface area contributed by atoms with Crippen LogP contribution in [0.2, 0.25) is 0 Å². The summed E-state index contributed by atoms with van der Waals surface area (Å²) in [4.78, 5) is 21.8. The first-order chi connectivity index (χ1) is 15.6. The van der Waals surface area contributed by atoms with E-state index in [9.17, 15) is 4.79 Å². The molecule has 0 saturated heterocycles. The molecule has 32 heavy (non-hydrogen) atoms. The summed E-state index contributed by atoms with van der Waals surface area (Å²) >= 11 is 2.89. The number of hydrogen-bond donors (Lipinski definition) is 1. The Labute approximate surface area is 196 Å². The van der Waals surface area contributed by atoms with Gasteiger partial charge in [-0.3, -0.25) is 0 Å². The van der Waals surface area contributed by atoms with Crippen LogP contribution in [0.25, 0.3) is 0 Å². The fraction of sp³-hybridized carbons (Fsp3) is 0.261. The van der Waals surface area contributed by atoms with Gasteiger partial charge in [-0.1, -0.05) is 42.1 Å². The second-order valence-electron chi connectivity index (χ2n) is 6.54. The van der Waals surface area contributed by atoms with Crippen LogP contribution in [0.4, 0.5) is 5.82 Å². The number of thioether (sulfide) groups is 2. The number of methoxy groups -OCH3 is 3. The minimum atomic E-state index is -0.489. The van der Waals surface area contributed by atoms with Crippen molar-refractivity contribution < 1.29 is 19.0 Å². The summed E-state index contributed by atoms with van der Waals surface area (Å²) in [5.74, 6) is 1.98.